The molecule has 0 amide bonds. The van der Waals surface area contributed by atoms with E-state index >= 15 is 0 Å². The summed E-state index contributed by atoms with van der Waals surface area (Å²) < 4.78 is 5.80. The molecule has 5 heteroatoms. The molecule has 4 rings (SSSR count). The van der Waals surface area contributed by atoms with Gasteiger partial charge in [-0.15, -0.1) is 0 Å². The molecule has 1 aliphatic heterocycles. The molecular formula is C21H22N4O. The lowest BCUT2D eigenvalue weighted by molar-refractivity contribution is 0.240. The first-order valence-electron chi connectivity index (χ1n) is 8.92. The Hall–Kier alpha value is -2.79. The van der Waals surface area contributed by atoms with Crippen LogP contribution in [0, 0.1) is 6.92 Å². The van der Waals surface area contributed by atoms with E-state index in [-0.39, 0.29) is 0 Å². The summed E-state index contributed by atoms with van der Waals surface area (Å²) in [6.45, 7) is 5.28. The average Bonchev–Trinajstić information content (AvgIpc) is 2.68. The average molecular weight is 346 g/mol. The molecule has 26 heavy (non-hydrogen) atoms. The molecule has 0 saturated carbocycles. The Morgan fingerprint density at radius 2 is 1.96 bits per heavy atom. The van der Waals surface area contributed by atoms with Crippen LogP contribution >= 0.6 is 0 Å². The monoisotopic (exact) mass is 346 g/mol. The van der Waals surface area contributed by atoms with Crippen LogP contribution in [0.4, 0.5) is 0 Å². The second kappa shape index (κ2) is 7.62. The highest BCUT2D eigenvalue weighted by molar-refractivity contribution is 5.28. The van der Waals surface area contributed by atoms with Gasteiger partial charge >= 0.3 is 0 Å². The van der Waals surface area contributed by atoms with E-state index in [2.05, 4.69) is 32.0 Å². The maximum atomic E-state index is 5.80. The first kappa shape index (κ1) is 16.7. The third-order valence-corrected chi connectivity index (χ3v) is 4.59. The van der Waals surface area contributed by atoms with Gasteiger partial charge in [0.25, 0.3) is 0 Å². The zero-order valence-corrected chi connectivity index (χ0v) is 14.9. The minimum Gasteiger partial charge on any atom is -0.487 e. The molecule has 132 valence electrons. The van der Waals surface area contributed by atoms with Crippen LogP contribution < -0.4 is 4.74 Å². The topological polar surface area (TPSA) is 51.1 Å². The Morgan fingerprint density at radius 1 is 1.08 bits per heavy atom. The van der Waals surface area contributed by atoms with Gasteiger partial charge in [-0.2, -0.15) is 0 Å². The second-order valence-corrected chi connectivity index (χ2v) is 6.60. The predicted octanol–water partition coefficient (Wildman–Crippen LogP) is 3.32. The number of benzene rings is 1. The highest BCUT2D eigenvalue weighted by Gasteiger charge is 2.18. The van der Waals surface area contributed by atoms with Gasteiger partial charge in [0.2, 0.25) is 0 Å². The van der Waals surface area contributed by atoms with E-state index in [0.717, 1.165) is 43.3 Å². The third-order valence-electron chi connectivity index (χ3n) is 4.59. The second-order valence-electron chi connectivity index (χ2n) is 6.60. The summed E-state index contributed by atoms with van der Waals surface area (Å²) in [6, 6.07) is 14.2. The van der Waals surface area contributed by atoms with E-state index < -0.39 is 0 Å². The third kappa shape index (κ3) is 4.06. The van der Waals surface area contributed by atoms with Crippen molar-refractivity contribution in [1.82, 2.24) is 19.9 Å². The predicted molar refractivity (Wildman–Crippen MR) is 99.6 cm³/mol. The smallest absolute Gasteiger partial charge is 0.130 e. The number of fused-ring (bicyclic) bond motifs is 1. The number of hydrogen-bond donors (Lipinski definition) is 0. The van der Waals surface area contributed by atoms with Gasteiger partial charge < -0.3 is 4.74 Å². The summed E-state index contributed by atoms with van der Waals surface area (Å²) in [5, 5.41) is 0. The molecule has 0 fully saturated rings. The molecule has 2 aromatic heterocycles. The number of aromatic nitrogens is 3. The molecule has 0 atom stereocenters. The van der Waals surface area contributed by atoms with Crippen molar-refractivity contribution in [3.05, 3.63) is 83.2 Å². The maximum absolute atomic E-state index is 5.80. The Bertz CT molecular complexity index is 865. The van der Waals surface area contributed by atoms with Gasteiger partial charge in [0, 0.05) is 32.0 Å². The summed E-state index contributed by atoms with van der Waals surface area (Å²) in [5.41, 5.74) is 4.66. The Morgan fingerprint density at radius 3 is 2.77 bits per heavy atom. The standard InChI is InChI=1S/C21H22N4O/c1-16-23-12-18-9-11-25(14-21(18)24-16)13-17-5-7-20(8-6-17)26-15-19-4-2-3-10-22-19/h2-8,10,12H,9,11,13-15H2,1H3. The van der Waals surface area contributed by atoms with Crippen LogP contribution in [0.3, 0.4) is 0 Å². The van der Waals surface area contributed by atoms with Crippen molar-refractivity contribution in [1.29, 1.82) is 0 Å². The highest BCUT2D eigenvalue weighted by Crippen LogP contribution is 2.20. The van der Waals surface area contributed by atoms with Gasteiger partial charge in [-0.05, 0) is 48.7 Å². The summed E-state index contributed by atoms with van der Waals surface area (Å²) in [5.74, 6) is 1.71. The lowest BCUT2D eigenvalue weighted by Gasteiger charge is -2.27. The molecule has 1 aromatic carbocycles. The van der Waals surface area contributed by atoms with Crippen LogP contribution in [-0.2, 0) is 26.1 Å². The van der Waals surface area contributed by atoms with Crippen LogP contribution in [0.25, 0.3) is 0 Å². The molecule has 5 nitrogen and oxygen atoms in total. The van der Waals surface area contributed by atoms with E-state index in [1.165, 1.54) is 16.8 Å². The highest BCUT2D eigenvalue weighted by atomic mass is 16.5. The van der Waals surface area contributed by atoms with Crippen LogP contribution in [0.15, 0.2) is 54.9 Å². The number of aryl methyl sites for hydroxylation is 1. The first-order chi connectivity index (χ1) is 12.8. The van der Waals surface area contributed by atoms with Gasteiger partial charge in [-0.3, -0.25) is 9.88 Å². The van der Waals surface area contributed by atoms with E-state index in [1.54, 1.807) is 6.20 Å². The summed E-state index contributed by atoms with van der Waals surface area (Å²) >= 11 is 0. The van der Waals surface area contributed by atoms with E-state index in [1.807, 2.05) is 43.5 Å². The van der Waals surface area contributed by atoms with Crippen molar-refractivity contribution in [2.45, 2.75) is 33.0 Å². The lowest BCUT2D eigenvalue weighted by atomic mass is 10.1. The summed E-state index contributed by atoms with van der Waals surface area (Å²) in [4.78, 5) is 15.6. The minimum absolute atomic E-state index is 0.488. The van der Waals surface area contributed by atoms with Crippen LogP contribution in [-0.4, -0.2) is 26.4 Å². The normalized spacial score (nSPS) is 14.0. The molecule has 0 spiro atoms. The summed E-state index contributed by atoms with van der Waals surface area (Å²) in [7, 11) is 0. The molecule has 0 bridgehead atoms. The van der Waals surface area contributed by atoms with Crippen molar-refractivity contribution in [2.75, 3.05) is 6.54 Å². The van der Waals surface area contributed by atoms with E-state index in [4.69, 9.17) is 4.74 Å². The molecule has 3 aromatic rings. The SMILES string of the molecule is Cc1ncc2c(n1)CN(Cc1ccc(OCc3ccccn3)cc1)CC2. The molecule has 0 N–H and O–H groups in total. The number of hydrogen-bond acceptors (Lipinski definition) is 5. The summed E-state index contributed by atoms with van der Waals surface area (Å²) in [6.07, 6.45) is 4.77. The zero-order valence-electron chi connectivity index (χ0n) is 14.9. The molecule has 3 heterocycles. The number of pyridine rings is 1. The largest absolute Gasteiger partial charge is 0.487 e. The van der Waals surface area contributed by atoms with E-state index in [9.17, 15) is 0 Å². The van der Waals surface area contributed by atoms with Crippen LogP contribution in [0.5, 0.6) is 5.75 Å². The van der Waals surface area contributed by atoms with Crippen molar-refractivity contribution in [2.24, 2.45) is 0 Å². The first-order valence-corrected chi connectivity index (χ1v) is 8.92. The molecule has 0 radical (unpaired) electrons. The molecule has 0 unspecified atom stereocenters. The Labute approximate surface area is 153 Å². The Balaban J connectivity index is 1.34. The Kier molecular flexibility index (Phi) is 4.88. The van der Waals surface area contributed by atoms with Crippen molar-refractivity contribution in [3.63, 3.8) is 0 Å². The zero-order chi connectivity index (χ0) is 17.8. The number of rotatable bonds is 5. The fourth-order valence-corrected chi connectivity index (χ4v) is 3.18. The van der Waals surface area contributed by atoms with Crippen LogP contribution in [0.1, 0.15) is 28.3 Å². The van der Waals surface area contributed by atoms with Gasteiger partial charge in [0.05, 0.1) is 11.4 Å². The molecular weight excluding hydrogens is 324 g/mol. The van der Waals surface area contributed by atoms with Crippen molar-refractivity contribution in [3.8, 4) is 5.75 Å². The van der Waals surface area contributed by atoms with Crippen molar-refractivity contribution >= 4 is 0 Å². The van der Waals surface area contributed by atoms with E-state index in [0.29, 0.717) is 6.61 Å². The fourth-order valence-electron chi connectivity index (χ4n) is 3.18. The minimum atomic E-state index is 0.488. The maximum Gasteiger partial charge on any atom is 0.130 e. The van der Waals surface area contributed by atoms with Crippen LogP contribution in [0.2, 0.25) is 0 Å². The molecule has 1 aliphatic rings. The lowest BCUT2D eigenvalue weighted by Crippen LogP contribution is -2.31. The quantitative estimate of drug-likeness (QED) is 0.709. The van der Waals surface area contributed by atoms with Gasteiger partial charge in [-0.1, -0.05) is 18.2 Å². The fraction of sp³-hybridized carbons (Fsp3) is 0.286. The number of nitrogens with zero attached hydrogens (tertiary/aromatic N) is 4. The van der Waals surface area contributed by atoms with Gasteiger partial charge in [0.15, 0.2) is 0 Å². The van der Waals surface area contributed by atoms with Gasteiger partial charge in [0.1, 0.15) is 18.2 Å². The van der Waals surface area contributed by atoms with Gasteiger partial charge in [-0.25, -0.2) is 9.97 Å². The number of ether oxygens (including phenoxy) is 1. The van der Waals surface area contributed by atoms with Crippen molar-refractivity contribution < 1.29 is 4.74 Å². The molecule has 0 aliphatic carbocycles. The molecule has 0 saturated heterocycles.